The number of hydrogen-bond donors (Lipinski definition) is 2. The van der Waals surface area contributed by atoms with Gasteiger partial charge in [-0.15, -0.1) is 5.10 Å². The summed E-state index contributed by atoms with van der Waals surface area (Å²) in [4.78, 5) is 13.5. The molecule has 1 amide bonds. The summed E-state index contributed by atoms with van der Waals surface area (Å²) in [6.45, 7) is 4.19. The number of piperidine rings is 1. The second-order valence-electron chi connectivity index (χ2n) is 7.36. The smallest absolute Gasteiger partial charge is 0.279 e. The van der Waals surface area contributed by atoms with Gasteiger partial charge in [0.15, 0.2) is 6.54 Å². The summed E-state index contributed by atoms with van der Waals surface area (Å²) in [6, 6.07) is 10.7. The van der Waals surface area contributed by atoms with Crippen LogP contribution in [0.15, 0.2) is 36.4 Å². The van der Waals surface area contributed by atoms with Gasteiger partial charge < -0.3 is 10.2 Å². The molecule has 8 heteroatoms. The van der Waals surface area contributed by atoms with E-state index in [1.807, 2.05) is 17.7 Å². The molecule has 2 N–H and O–H groups in total. The van der Waals surface area contributed by atoms with Crippen molar-refractivity contribution in [3.63, 3.8) is 0 Å². The molecule has 28 heavy (non-hydrogen) atoms. The van der Waals surface area contributed by atoms with Crippen molar-refractivity contribution in [3.05, 3.63) is 52.8 Å². The first kappa shape index (κ1) is 18.8. The maximum Gasteiger partial charge on any atom is 0.279 e. The van der Waals surface area contributed by atoms with E-state index in [0.29, 0.717) is 18.3 Å². The number of benzene rings is 2. The average Bonchev–Trinajstić information content (AvgIpc) is 3.08. The Labute approximate surface area is 167 Å². The fourth-order valence-electron chi connectivity index (χ4n) is 3.76. The quantitative estimate of drug-likeness (QED) is 0.704. The first-order valence-electron chi connectivity index (χ1n) is 9.39. The van der Waals surface area contributed by atoms with Gasteiger partial charge in [0, 0.05) is 18.5 Å². The molecule has 1 aliphatic rings. The van der Waals surface area contributed by atoms with E-state index in [4.69, 9.17) is 11.6 Å². The van der Waals surface area contributed by atoms with Crippen molar-refractivity contribution in [2.75, 3.05) is 25.0 Å². The highest BCUT2D eigenvalue weighted by molar-refractivity contribution is 6.31. The van der Waals surface area contributed by atoms with Crippen LogP contribution < -0.4 is 10.2 Å². The number of quaternary nitrogens is 1. The molecule has 0 bridgehead atoms. The van der Waals surface area contributed by atoms with Crippen LogP contribution in [-0.2, 0) is 4.79 Å². The monoisotopic (exact) mass is 402 g/mol. The summed E-state index contributed by atoms with van der Waals surface area (Å²) in [6.07, 6.45) is 1.88. The van der Waals surface area contributed by atoms with E-state index in [2.05, 4.69) is 27.8 Å². The van der Waals surface area contributed by atoms with Crippen molar-refractivity contribution in [1.82, 2.24) is 15.0 Å². The summed E-state index contributed by atoms with van der Waals surface area (Å²) >= 11 is 5.76. The molecule has 0 radical (unpaired) electrons. The highest BCUT2D eigenvalue weighted by Gasteiger charge is 2.26. The van der Waals surface area contributed by atoms with E-state index in [-0.39, 0.29) is 10.9 Å². The van der Waals surface area contributed by atoms with Gasteiger partial charge in [0.05, 0.1) is 29.7 Å². The van der Waals surface area contributed by atoms with Crippen LogP contribution in [0.2, 0.25) is 5.02 Å². The summed E-state index contributed by atoms with van der Waals surface area (Å²) < 4.78 is 15.2. The molecule has 0 unspecified atom stereocenters. The van der Waals surface area contributed by atoms with Crippen LogP contribution in [0.3, 0.4) is 0 Å². The zero-order valence-corrected chi connectivity index (χ0v) is 16.3. The Morgan fingerprint density at radius 1 is 1.29 bits per heavy atom. The van der Waals surface area contributed by atoms with Gasteiger partial charge in [0.1, 0.15) is 11.3 Å². The summed E-state index contributed by atoms with van der Waals surface area (Å²) in [7, 11) is 0. The number of nitrogens with zero attached hydrogens (tertiary/aromatic N) is 3. The summed E-state index contributed by atoms with van der Waals surface area (Å²) in [5.41, 5.74) is 3.67. The summed E-state index contributed by atoms with van der Waals surface area (Å²) in [5, 5.41) is 11.4. The van der Waals surface area contributed by atoms with Crippen molar-refractivity contribution < 1.29 is 14.1 Å². The SMILES string of the molecule is Cc1ccc2c(c1)nnn2C1CC[NH+](CC(=O)Nc2ccc(F)c(Cl)c2)CC1. The first-order valence-corrected chi connectivity index (χ1v) is 9.77. The molecule has 1 saturated heterocycles. The van der Waals surface area contributed by atoms with E-state index in [0.717, 1.165) is 37.0 Å². The Kier molecular flexibility index (Phi) is 5.28. The molecule has 6 nitrogen and oxygen atoms in total. The van der Waals surface area contributed by atoms with Crippen LogP contribution >= 0.6 is 11.6 Å². The minimum Gasteiger partial charge on any atom is -0.327 e. The van der Waals surface area contributed by atoms with Crippen molar-refractivity contribution in [1.29, 1.82) is 0 Å². The fourth-order valence-corrected chi connectivity index (χ4v) is 3.94. The molecule has 4 rings (SSSR count). The van der Waals surface area contributed by atoms with Gasteiger partial charge in [0.25, 0.3) is 5.91 Å². The van der Waals surface area contributed by atoms with Crippen LogP contribution in [0, 0.1) is 12.7 Å². The van der Waals surface area contributed by atoms with Crippen molar-refractivity contribution in [3.8, 4) is 0 Å². The van der Waals surface area contributed by atoms with Gasteiger partial charge in [-0.05, 0) is 42.8 Å². The second kappa shape index (κ2) is 7.85. The number of aromatic nitrogens is 3. The lowest BCUT2D eigenvalue weighted by atomic mass is 10.0. The molecule has 2 aromatic carbocycles. The molecular formula is C20H22ClFN5O+. The van der Waals surface area contributed by atoms with Gasteiger partial charge in [-0.1, -0.05) is 22.9 Å². The molecule has 146 valence electrons. The number of halogens is 2. The zero-order valence-electron chi connectivity index (χ0n) is 15.6. The Balaban J connectivity index is 1.33. The fraction of sp³-hybridized carbons (Fsp3) is 0.350. The van der Waals surface area contributed by atoms with Crippen LogP contribution in [-0.4, -0.2) is 40.5 Å². The normalized spacial score (nSPS) is 19.7. The van der Waals surface area contributed by atoms with Gasteiger partial charge in [-0.25, -0.2) is 9.07 Å². The summed E-state index contributed by atoms with van der Waals surface area (Å²) in [5.74, 6) is -0.596. The molecular weight excluding hydrogens is 381 g/mol. The van der Waals surface area contributed by atoms with E-state index >= 15 is 0 Å². The lowest BCUT2D eigenvalue weighted by molar-refractivity contribution is -0.897. The predicted octanol–water partition coefficient (Wildman–Crippen LogP) is 2.39. The molecule has 0 saturated carbocycles. The highest BCUT2D eigenvalue weighted by atomic mass is 35.5. The minimum absolute atomic E-state index is 0.00112. The van der Waals surface area contributed by atoms with Crippen LogP contribution in [0.1, 0.15) is 24.4 Å². The third kappa shape index (κ3) is 4.00. The zero-order chi connectivity index (χ0) is 19.7. The number of fused-ring (bicyclic) bond motifs is 1. The number of carbonyl (C=O) groups excluding carboxylic acids is 1. The van der Waals surface area contributed by atoms with Crippen LogP contribution in [0.4, 0.5) is 10.1 Å². The Morgan fingerprint density at radius 2 is 2.07 bits per heavy atom. The van der Waals surface area contributed by atoms with Crippen molar-refractivity contribution >= 4 is 34.2 Å². The largest absolute Gasteiger partial charge is 0.327 e. The topological polar surface area (TPSA) is 64.2 Å². The highest BCUT2D eigenvalue weighted by Crippen LogP contribution is 2.22. The number of likely N-dealkylation sites (tertiary alicyclic amines) is 1. The number of rotatable bonds is 4. The molecule has 3 aromatic rings. The third-order valence-corrected chi connectivity index (χ3v) is 5.54. The number of aryl methyl sites for hydroxylation is 1. The van der Waals surface area contributed by atoms with Gasteiger partial charge >= 0.3 is 0 Å². The number of carbonyl (C=O) groups is 1. The molecule has 0 atom stereocenters. The van der Waals surface area contributed by atoms with E-state index in [1.165, 1.54) is 28.7 Å². The Morgan fingerprint density at radius 3 is 2.82 bits per heavy atom. The maximum absolute atomic E-state index is 13.2. The van der Waals surface area contributed by atoms with Gasteiger partial charge in [-0.3, -0.25) is 4.79 Å². The Bertz CT molecular complexity index is 1010. The van der Waals surface area contributed by atoms with Crippen LogP contribution in [0.5, 0.6) is 0 Å². The number of nitrogens with one attached hydrogen (secondary N) is 2. The van der Waals surface area contributed by atoms with Crippen LogP contribution in [0.25, 0.3) is 11.0 Å². The molecule has 0 aliphatic carbocycles. The van der Waals surface area contributed by atoms with E-state index < -0.39 is 5.82 Å². The predicted molar refractivity (Wildman–Crippen MR) is 106 cm³/mol. The van der Waals surface area contributed by atoms with Gasteiger partial charge in [-0.2, -0.15) is 0 Å². The average molecular weight is 403 g/mol. The molecule has 1 fully saturated rings. The van der Waals surface area contributed by atoms with Crippen molar-refractivity contribution in [2.24, 2.45) is 0 Å². The number of amides is 1. The lowest BCUT2D eigenvalue weighted by Gasteiger charge is -2.29. The second-order valence-corrected chi connectivity index (χ2v) is 7.77. The maximum atomic E-state index is 13.2. The van der Waals surface area contributed by atoms with E-state index in [1.54, 1.807) is 0 Å². The third-order valence-electron chi connectivity index (χ3n) is 5.25. The molecule has 1 aromatic heterocycles. The first-order chi connectivity index (χ1) is 13.5. The van der Waals surface area contributed by atoms with Crippen molar-refractivity contribution in [2.45, 2.75) is 25.8 Å². The van der Waals surface area contributed by atoms with E-state index in [9.17, 15) is 9.18 Å². The molecule has 1 aliphatic heterocycles. The Hall–Kier alpha value is -2.51. The lowest BCUT2D eigenvalue weighted by Crippen LogP contribution is -3.14. The van der Waals surface area contributed by atoms with Gasteiger partial charge in [0.2, 0.25) is 0 Å². The molecule has 0 spiro atoms. The molecule has 2 heterocycles. The number of hydrogen-bond acceptors (Lipinski definition) is 3. The standard InChI is InChI=1S/C20H21ClFN5O/c1-13-2-5-19-18(10-13)24-25-27(19)15-6-8-26(9-7-15)12-20(28)23-14-3-4-17(22)16(21)11-14/h2-5,10-11,15H,6-9,12H2,1H3,(H,23,28)/p+1. The minimum atomic E-state index is -0.497. The number of anilines is 1.